The molecular formula is C26H35NO4S. The van der Waals surface area contributed by atoms with Crippen molar-refractivity contribution in [3.05, 3.63) is 71.3 Å². The third kappa shape index (κ3) is 8.87. The standard InChI is InChI=1S/C26H35NO4S/c1-5-6-15-30-24-18-21(2)26(22(3)19-24)31-16-11-8-12-17-32(28)20-25(27-29-4)23-13-9-7-10-14-23/h5-7,9-10,13-14,18-19H,8,11-12,15-17,20H2,1-4H3/b6-5+,27-25-. The molecule has 0 spiro atoms. The summed E-state index contributed by atoms with van der Waals surface area (Å²) in [5.74, 6) is 2.83. The van der Waals surface area contributed by atoms with E-state index in [1.54, 1.807) is 0 Å². The van der Waals surface area contributed by atoms with E-state index in [4.69, 9.17) is 14.3 Å². The number of ether oxygens (including phenoxy) is 2. The lowest BCUT2D eigenvalue weighted by molar-refractivity contribution is 0.213. The molecule has 0 fully saturated rings. The monoisotopic (exact) mass is 457 g/mol. The second-order valence-corrected chi connectivity index (χ2v) is 9.13. The Balaban J connectivity index is 1.71. The molecule has 0 aliphatic carbocycles. The molecule has 2 aromatic rings. The van der Waals surface area contributed by atoms with Crippen LogP contribution in [0.1, 0.15) is 42.9 Å². The highest BCUT2D eigenvalue weighted by Gasteiger charge is 2.10. The fourth-order valence-corrected chi connectivity index (χ4v) is 4.50. The third-order valence-electron chi connectivity index (χ3n) is 4.88. The van der Waals surface area contributed by atoms with Crippen LogP contribution in [0, 0.1) is 13.8 Å². The Bertz CT molecular complexity index is 886. The lowest BCUT2D eigenvalue weighted by Gasteiger charge is -2.14. The van der Waals surface area contributed by atoms with E-state index in [0.717, 1.165) is 53.2 Å². The topological polar surface area (TPSA) is 57.1 Å². The summed E-state index contributed by atoms with van der Waals surface area (Å²) in [5.41, 5.74) is 3.82. The van der Waals surface area contributed by atoms with Crippen molar-refractivity contribution in [3.8, 4) is 11.5 Å². The number of oxime groups is 1. The minimum Gasteiger partial charge on any atom is -0.493 e. The van der Waals surface area contributed by atoms with E-state index in [1.165, 1.54) is 7.11 Å². The van der Waals surface area contributed by atoms with Crippen LogP contribution in [0.25, 0.3) is 0 Å². The van der Waals surface area contributed by atoms with Crippen LogP contribution in [0.3, 0.4) is 0 Å². The fourth-order valence-electron chi connectivity index (χ4n) is 3.31. The number of aryl methyl sites for hydroxylation is 2. The number of hydrogen-bond donors (Lipinski definition) is 0. The van der Waals surface area contributed by atoms with Crippen molar-refractivity contribution in [2.24, 2.45) is 5.16 Å². The van der Waals surface area contributed by atoms with Gasteiger partial charge < -0.3 is 14.3 Å². The van der Waals surface area contributed by atoms with Crippen LogP contribution in [0.2, 0.25) is 0 Å². The van der Waals surface area contributed by atoms with E-state index >= 15 is 0 Å². The van der Waals surface area contributed by atoms with Crippen LogP contribution < -0.4 is 9.47 Å². The second-order valence-electron chi connectivity index (χ2n) is 7.55. The third-order valence-corrected chi connectivity index (χ3v) is 6.22. The van der Waals surface area contributed by atoms with E-state index in [0.29, 0.717) is 24.7 Å². The van der Waals surface area contributed by atoms with Gasteiger partial charge in [-0.1, -0.05) is 47.6 Å². The van der Waals surface area contributed by atoms with E-state index in [-0.39, 0.29) is 0 Å². The van der Waals surface area contributed by atoms with Gasteiger partial charge in [0.1, 0.15) is 25.2 Å². The molecule has 0 aliphatic heterocycles. The summed E-state index contributed by atoms with van der Waals surface area (Å²) in [6.07, 6.45) is 6.74. The summed E-state index contributed by atoms with van der Waals surface area (Å²) < 4.78 is 24.3. The minimum atomic E-state index is -0.978. The van der Waals surface area contributed by atoms with E-state index in [2.05, 4.69) is 5.16 Å². The maximum Gasteiger partial charge on any atom is 0.125 e. The van der Waals surface area contributed by atoms with Gasteiger partial charge in [0.25, 0.3) is 0 Å². The van der Waals surface area contributed by atoms with Crippen molar-refractivity contribution in [1.29, 1.82) is 0 Å². The summed E-state index contributed by atoms with van der Waals surface area (Å²) in [4.78, 5) is 4.94. The van der Waals surface area contributed by atoms with Crippen LogP contribution >= 0.6 is 0 Å². The number of unbranched alkanes of at least 4 members (excludes halogenated alkanes) is 2. The van der Waals surface area contributed by atoms with Gasteiger partial charge in [-0.05, 0) is 63.3 Å². The van der Waals surface area contributed by atoms with Gasteiger partial charge in [-0.2, -0.15) is 0 Å². The highest BCUT2D eigenvalue weighted by molar-refractivity contribution is 7.85. The molecule has 0 heterocycles. The van der Waals surface area contributed by atoms with Gasteiger partial charge in [-0.15, -0.1) is 0 Å². The average Bonchev–Trinajstić information content (AvgIpc) is 2.78. The second kappa shape index (κ2) is 14.5. The molecule has 0 N–H and O–H groups in total. The molecule has 6 heteroatoms. The molecule has 0 bridgehead atoms. The largest absolute Gasteiger partial charge is 0.493 e. The van der Waals surface area contributed by atoms with Crippen LogP contribution in [0.5, 0.6) is 11.5 Å². The molecule has 2 aromatic carbocycles. The Hall–Kier alpha value is -2.60. The molecule has 0 aromatic heterocycles. The van der Waals surface area contributed by atoms with Crippen molar-refractivity contribution < 1.29 is 18.5 Å². The average molecular weight is 458 g/mol. The highest BCUT2D eigenvalue weighted by Crippen LogP contribution is 2.28. The first kappa shape index (κ1) is 25.7. The summed E-state index contributed by atoms with van der Waals surface area (Å²) >= 11 is 0. The van der Waals surface area contributed by atoms with Gasteiger partial charge in [-0.3, -0.25) is 4.21 Å². The number of rotatable bonds is 14. The smallest absolute Gasteiger partial charge is 0.125 e. The molecule has 1 atom stereocenters. The molecule has 0 aliphatic rings. The Morgan fingerprint density at radius 1 is 1.03 bits per heavy atom. The quantitative estimate of drug-likeness (QED) is 0.160. The Morgan fingerprint density at radius 2 is 1.75 bits per heavy atom. The molecule has 0 saturated carbocycles. The summed E-state index contributed by atoms with van der Waals surface area (Å²) in [6.45, 7) is 7.28. The Labute approximate surface area is 194 Å². The van der Waals surface area contributed by atoms with Crippen LogP contribution in [-0.2, 0) is 15.6 Å². The van der Waals surface area contributed by atoms with Crippen molar-refractivity contribution in [2.75, 3.05) is 31.8 Å². The molecule has 174 valence electrons. The van der Waals surface area contributed by atoms with Gasteiger partial charge in [0.2, 0.25) is 0 Å². The number of nitrogens with zero attached hydrogens (tertiary/aromatic N) is 1. The minimum absolute atomic E-state index is 0.398. The SMILES string of the molecule is C/C=C/COc1cc(C)c(OCCCCCS(=O)C/C(=N/OC)c2ccccc2)c(C)c1. The summed E-state index contributed by atoms with van der Waals surface area (Å²) in [7, 11) is 0.536. The first-order valence-corrected chi connectivity index (χ1v) is 12.5. The number of hydrogen-bond acceptors (Lipinski definition) is 5. The Kier molecular flexibility index (Phi) is 11.6. The predicted molar refractivity (Wildman–Crippen MR) is 133 cm³/mol. The highest BCUT2D eigenvalue weighted by atomic mass is 32.2. The van der Waals surface area contributed by atoms with E-state index in [1.807, 2.05) is 75.4 Å². The van der Waals surface area contributed by atoms with Crippen molar-refractivity contribution in [2.45, 2.75) is 40.0 Å². The van der Waals surface area contributed by atoms with Crippen molar-refractivity contribution >= 4 is 16.5 Å². The summed E-state index contributed by atoms with van der Waals surface area (Å²) in [6, 6.07) is 13.8. The Morgan fingerprint density at radius 3 is 2.41 bits per heavy atom. The lowest BCUT2D eigenvalue weighted by atomic mass is 10.1. The molecule has 0 saturated heterocycles. The van der Waals surface area contributed by atoms with Gasteiger partial charge in [0, 0.05) is 22.1 Å². The van der Waals surface area contributed by atoms with Gasteiger partial charge >= 0.3 is 0 Å². The number of allylic oxidation sites excluding steroid dienone is 1. The zero-order chi connectivity index (χ0) is 23.2. The zero-order valence-electron chi connectivity index (χ0n) is 19.6. The molecule has 1 unspecified atom stereocenters. The number of benzene rings is 2. The van der Waals surface area contributed by atoms with Crippen LogP contribution in [0.4, 0.5) is 0 Å². The molecule has 2 rings (SSSR count). The molecule has 0 radical (unpaired) electrons. The van der Waals surface area contributed by atoms with Crippen LogP contribution in [0.15, 0.2) is 59.8 Å². The lowest BCUT2D eigenvalue weighted by Crippen LogP contribution is -2.15. The molecule has 5 nitrogen and oxygen atoms in total. The van der Waals surface area contributed by atoms with E-state index in [9.17, 15) is 4.21 Å². The molecule has 32 heavy (non-hydrogen) atoms. The first-order valence-electron chi connectivity index (χ1n) is 11.0. The van der Waals surface area contributed by atoms with Crippen LogP contribution in [-0.4, -0.2) is 41.7 Å². The maximum atomic E-state index is 12.5. The van der Waals surface area contributed by atoms with Crippen molar-refractivity contribution in [1.82, 2.24) is 0 Å². The van der Waals surface area contributed by atoms with Gasteiger partial charge in [0.15, 0.2) is 0 Å². The molecular weight excluding hydrogens is 422 g/mol. The van der Waals surface area contributed by atoms with Gasteiger partial charge in [-0.25, -0.2) is 0 Å². The van der Waals surface area contributed by atoms with Crippen molar-refractivity contribution in [3.63, 3.8) is 0 Å². The summed E-state index contributed by atoms with van der Waals surface area (Å²) in [5, 5.41) is 4.06. The zero-order valence-corrected chi connectivity index (χ0v) is 20.5. The first-order chi connectivity index (χ1) is 15.5. The van der Waals surface area contributed by atoms with Gasteiger partial charge in [0.05, 0.1) is 18.1 Å². The molecule has 0 amide bonds. The van der Waals surface area contributed by atoms with E-state index < -0.39 is 10.8 Å². The fraction of sp³-hybridized carbons (Fsp3) is 0.423. The predicted octanol–water partition coefficient (Wildman–Crippen LogP) is 5.61. The normalized spacial score (nSPS) is 12.7. The maximum absolute atomic E-state index is 12.5.